The third kappa shape index (κ3) is 13.4. The normalized spacial score (nSPS) is 14.0. The molecule has 692 valence electrons. The Morgan fingerprint density at radius 3 is 0.863 bits per heavy atom. The van der Waals surface area contributed by atoms with Gasteiger partial charge in [-0.2, -0.15) is 0 Å². The van der Waals surface area contributed by atoms with Gasteiger partial charge < -0.3 is 0 Å². The Labute approximate surface area is 852 Å². The van der Waals surface area contributed by atoms with E-state index in [1.54, 1.807) is 17.7 Å². The molecule has 0 aromatic heterocycles. The molecule has 0 fully saturated rings. The number of halogens is 1. The molecule has 0 heterocycles. The summed E-state index contributed by atoms with van der Waals surface area (Å²) >= 11 is 0. The molecule has 1 heteroatoms. The van der Waals surface area contributed by atoms with Gasteiger partial charge in [0.15, 0.2) is 0 Å². The van der Waals surface area contributed by atoms with Gasteiger partial charge in [-0.05, 0) is 366 Å². The first-order valence-corrected chi connectivity index (χ1v) is 52.2. The molecule has 0 aliphatic heterocycles. The number of hydrogen-bond acceptors (Lipinski definition) is 0. The minimum atomic E-state index is -0.228. The number of hydrogen-bond donors (Lipinski definition) is 0. The van der Waals surface area contributed by atoms with Crippen molar-refractivity contribution >= 4 is 108 Å². The average molecular weight is 1870 g/mol. The SMILES string of the molecule is CC1(C)c2ccccc2-c2c(-c3c4ccccc4c(-c4ccc(F)cc4)c4ccc(-c5cccc6ccccc56)cc34)cccc21.CC1(C)c2ccccc2-c2c(-c3c4ccccc4c(-c4ccc5c6c(cccc46)CC5)c4ccc(-c5cccc6ccccc56)cc34)cccc21.CC1(C)c2ccccc2-c2c(-c3c4ccccc4c(-c4cccc5c4CCCC5)c4ccc(-c5cccc6ccccc56)cc34)cccc21. The van der Waals surface area contributed by atoms with Crippen molar-refractivity contribution in [3.63, 3.8) is 0 Å². The monoisotopic (exact) mass is 1860 g/mol. The standard InChI is InChI=1S/C51H36.C49H38.C45H31F/c1-51(2)45-22-8-7-18-42(45)50-43(21-11-23-46(50)51)49-39-17-6-5-16-38(39)48(40-28-26-33-25-24-32-14-10-20-37(40)47(32)33)41-29-27-34(30-44(41)49)36-19-9-13-31-12-3-4-15-35(31)36;1-49(2)44-26-10-9-22-41(44)48-42(25-13-27-45(48)49)47-39-21-8-7-20-38(39)46(37-24-12-17-32-15-4-6-19-35(32)37)40-29-28-33(30-43(40)47)36-23-11-16-31-14-3-5-18-34(31)36;1-45(2)40-19-8-7-16-37(40)44-38(18-10-20-41(44)45)43-35-15-6-5-14-34(35)42(29-21-24-31(46)25-22-29)36-26-23-30(27-39(36)43)33-17-9-12-28-11-3-4-13-32(28)33/h3-23,26-30H,24-25H2,1-2H3;3,5,7-14,16-18,20-30H,4,6,15,19H2,1-2H3;3-27H,1-2H3. The topological polar surface area (TPSA) is 0 Å². The molecule has 25 aromatic carbocycles. The van der Waals surface area contributed by atoms with Crippen molar-refractivity contribution in [1.82, 2.24) is 0 Å². The highest BCUT2D eigenvalue weighted by molar-refractivity contribution is 6.29. The van der Waals surface area contributed by atoms with Crippen molar-refractivity contribution in [2.75, 3.05) is 0 Å². The summed E-state index contributed by atoms with van der Waals surface area (Å²) in [7, 11) is 0. The maximum Gasteiger partial charge on any atom is 0.123 e. The highest BCUT2D eigenvalue weighted by Gasteiger charge is 2.42. The van der Waals surface area contributed by atoms with E-state index < -0.39 is 0 Å². The van der Waals surface area contributed by atoms with Gasteiger partial charge in [0.1, 0.15) is 5.82 Å². The van der Waals surface area contributed by atoms with E-state index >= 15 is 0 Å². The van der Waals surface area contributed by atoms with Crippen molar-refractivity contribution < 1.29 is 4.39 Å². The van der Waals surface area contributed by atoms with E-state index in [9.17, 15) is 4.39 Å². The molecule has 0 amide bonds. The highest BCUT2D eigenvalue weighted by Crippen LogP contribution is 2.61. The van der Waals surface area contributed by atoms with Crippen molar-refractivity contribution in [2.24, 2.45) is 0 Å². The van der Waals surface area contributed by atoms with Crippen LogP contribution in [0.1, 0.15) is 110 Å². The van der Waals surface area contributed by atoms with Gasteiger partial charge >= 0.3 is 0 Å². The maximum absolute atomic E-state index is 14.2. The van der Waals surface area contributed by atoms with Gasteiger partial charge in [0.2, 0.25) is 0 Å². The third-order valence-corrected chi connectivity index (χ3v) is 33.9. The Morgan fingerprint density at radius 1 is 0.164 bits per heavy atom. The molecule has 146 heavy (non-hydrogen) atoms. The van der Waals surface area contributed by atoms with Gasteiger partial charge in [0.25, 0.3) is 0 Å². The van der Waals surface area contributed by atoms with Gasteiger partial charge in [0.05, 0.1) is 0 Å². The molecule has 5 aliphatic carbocycles. The molecule has 0 unspecified atom stereocenters. The lowest BCUT2D eigenvalue weighted by Gasteiger charge is -2.24. The Balaban J connectivity index is 0.000000106. The largest absolute Gasteiger partial charge is 0.207 e. The summed E-state index contributed by atoms with van der Waals surface area (Å²) in [6.45, 7) is 14.2. The quantitative estimate of drug-likeness (QED) is 0.126. The molecule has 0 radical (unpaired) electrons. The predicted octanol–water partition coefficient (Wildman–Crippen LogP) is 39.6. The minimum Gasteiger partial charge on any atom is -0.207 e. The molecule has 30 rings (SSSR count). The van der Waals surface area contributed by atoms with E-state index in [1.165, 1.54) is 289 Å². The summed E-state index contributed by atoms with van der Waals surface area (Å²) in [4.78, 5) is 0. The number of benzene rings is 25. The molecule has 0 N–H and O–H groups in total. The van der Waals surface area contributed by atoms with Crippen LogP contribution in [0.4, 0.5) is 4.39 Å². The van der Waals surface area contributed by atoms with Crippen molar-refractivity contribution in [3.8, 4) is 134 Å². The Hall–Kier alpha value is -17.0. The van der Waals surface area contributed by atoms with E-state index in [1.807, 2.05) is 12.1 Å². The fourth-order valence-electron chi connectivity index (χ4n) is 27.2. The second-order valence-corrected chi connectivity index (χ2v) is 42.7. The lowest BCUT2D eigenvalue weighted by Crippen LogP contribution is -2.14. The van der Waals surface area contributed by atoms with Crippen LogP contribution in [-0.4, -0.2) is 0 Å². The summed E-state index contributed by atoms with van der Waals surface area (Å²) in [6, 6.07) is 168. The van der Waals surface area contributed by atoms with Crippen LogP contribution in [-0.2, 0) is 41.9 Å². The first kappa shape index (κ1) is 86.9. The van der Waals surface area contributed by atoms with E-state index in [0.29, 0.717) is 0 Å². The zero-order valence-corrected chi connectivity index (χ0v) is 82.9. The van der Waals surface area contributed by atoms with Crippen LogP contribution in [0.3, 0.4) is 0 Å². The first-order valence-electron chi connectivity index (χ1n) is 52.2. The smallest absolute Gasteiger partial charge is 0.123 e. The predicted molar refractivity (Wildman–Crippen MR) is 620 cm³/mol. The van der Waals surface area contributed by atoms with Crippen LogP contribution < -0.4 is 0 Å². The van der Waals surface area contributed by atoms with Crippen LogP contribution in [0.5, 0.6) is 0 Å². The molecular formula is C145H105F. The molecule has 25 aromatic rings. The Kier molecular flexibility index (Phi) is 20.1. The summed E-state index contributed by atoms with van der Waals surface area (Å²) in [5.41, 5.74) is 45.1. The van der Waals surface area contributed by atoms with E-state index in [4.69, 9.17) is 0 Å². The Morgan fingerprint density at radius 2 is 0.438 bits per heavy atom. The molecule has 0 atom stereocenters. The van der Waals surface area contributed by atoms with E-state index in [0.717, 1.165) is 41.2 Å². The molecule has 5 aliphatic rings. The summed E-state index contributed by atoms with van der Waals surface area (Å²) in [6.07, 6.45) is 7.11. The zero-order valence-electron chi connectivity index (χ0n) is 82.9. The number of rotatable bonds is 9. The minimum absolute atomic E-state index is 0.0648. The molecular weight excluding hydrogens is 1760 g/mol. The van der Waals surface area contributed by atoms with E-state index in [2.05, 4.69) is 472 Å². The zero-order chi connectivity index (χ0) is 97.5. The van der Waals surface area contributed by atoms with Crippen molar-refractivity contribution in [1.29, 1.82) is 0 Å². The van der Waals surface area contributed by atoms with Gasteiger partial charge in [-0.3, -0.25) is 0 Å². The maximum atomic E-state index is 14.2. The second kappa shape index (κ2) is 33.9. The summed E-state index contributed by atoms with van der Waals surface area (Å²) < 4.78 is 14.2. The number of fused-ring (bicyclic) bond motifs is 19. The van der Waals surface area contributed by atoms with Crippen LogP contribution in [0, 0.1) is 5.82 Å². The fourth-order valence-corrected chi connectivity index (χ4v) is 27.2. The van der Waals surface area contributed by atoms with Gasteiger partial charge in [-0.15, -0.1) is 0 Å². The van der Waals surface area contributed by atoms with Gasteiger partial charge in [0, 0.05) is 16.2 Å². The molecule has 0 saturated carbocycles. The highest BCUT2D eigenvalue weighted by atomic mass is 19.1. The number of aryl methyl sites for hydroxylation is 3. The molecule has 0 saturated heterocycles. The van der Waals surface area contributed by atoms with Crippen LogP contribution in [0.15, 0.2) is 455 Å². The lowest BCUT2D eigenvalue weighted by molar-refractivity contribution is 0.628. The van der Waals surface area contributed by atoms with Gasteiger partial charge in [-0.25, -0.2) is 4.39 Å². The van der Waals surface area contributed by atoms with Crippen LogP contribution >= 0.6 is 0 Å². The molecule has 0 spiro atoms. The van der Waals surface area contributed by atoms with Gasteiger partial charge in [-0.1, -0.05) is 466 Å². The fraction of sp³-hybridized carbons (Fsp3) is 0.103. The molecule has 0 nitrogen and oxygen atoms in total. The van der Waals surface area contributed by atoms with Crippen molar-refractivity contribution in [3.05, 3.63) is 516 Å². The van der Waals surface area contributed by atoms with E-state index in [-0.39, 0.29) is 22.1 Å². The molecule has 0 bridgehead atoms. The Bertz CT molecular complexity index is 9830. The lowest BCUT2D eigenvalue weighted by atomic mass is 9.79. The van der Waals surface area contributed by atoms with Crippen LogP contribution in [0.25, 0.3) is 241 Å². The van der Waals surface area contributed by atoms with Crippen molar-refractivity contribution in [2.45, 2.75) is 96.3 Å². The average Bonchev–Trinajstić information content (AvgIpc) is 1.40. The second-order valence-electron chi connectivity index (χ2n) is 42.7. The third-order valence-electron chi connectivity index (χ3n) is 33.9. The van der Waals surface area contributed by atoms with Crippen LogP contribution in [0.2, 0.25) is 0 Å². The first-order chi connectivity index (χ1) is 71.7. The summed E-state index contributed by atoms with van der Waals surface area (Å²) in [5, 5.41) is 25.6. The summed E-state index contributed by atoms with van der Waals surface area (Å²) in [5.74, 6) is -0.228.